The van der Waals surface area contributed by atoms with Crippen LogP contribution < -0.4 is 15.8 Å². The number of nitrogens with two attached hydrogens (primary N) is 1. The monoisotopic (exact) mass is 626 g/mol. The van der Waals surface area contributed by atoms with E-state index in [2.05, 4.69) is 5.32 Å². The molecule has 0 aromatic heterocycles. The number of amides is 4. The molecule has 0 radical (unpaired) electrons. The number of carbonyl (C=O) groups excluding carboxylic acids is 6. The van der Waals surface area contributed by atoms with E-state index in [1.165, 1.54) is 25.9 Å². The number of piperazine rings is 1. The van der Waals surface area contributed by atoms with Crippen LogP contribution in [0.15, 0.2) is 54.6 Å². The molecule has 242 valence electrons. The third kappa shape index (κ3) is 9.68. The van der Waals surface area contributed by atoms with Crippen LogP contribution in [0.5, 0.6) is 5.75 Å². The molecule has 3 N–H and O–H groups in total. The van der Waals surface area contributed by atoms with E-state index in [9.17, 15) is 28.8 Å². The van der Waals surface area contributed by atoms with E-state index < -0.39 is 66.4 Å². The Balaban J connectivity index is 1.82. The lowest BCUT2D eigenvalue weighted by Gasteiger charge is -2.41. The number of nitrogens with zero attached hydrogens (tertiary/aromatic N) is 2. The third-order valence-corrected chi connectivity index (χ3v) is 7.14. The van der Waals surface area contributed by atoms with E-state index in [4.69, 9.17) is 24.7 Å². The van der Waals surface area contributed by atoms with Crippen molar-refractivity contribution in [3.8, 4) is 5.75 Å². The lowest BCUT2D eigenvalue weighted by Crippen LogP contribution is -2.63. The molecule has 1 fully saturated rings. The number of rotatable bonds is 13. The minimum absolute atomic E-state index is 0.0249. The van der Waals surface area contributed by atoms with Gasteiger partial charge in [0.05, 0.1) is 20.6 Å². The topological polar surface area (TPSA) is 184 Å². The molecule has 0 saturated carbocycles. The predicted molar refractivity (Wildman–Crippen MR) is 158 cm³/mol. The van der Waals surface area contributed by atoms with Crippen molar-refractivity contribution in [1.29, 1.82) is 0 Å². The fraction of sp³-hybridized carbons (Fsp3) is 0.419. The molecule has 1 saturated heterocycles. The lowest BCUT2D eigenvalue weighted by molar-refractivity contribution is -0.168. The first-order valence-corrected chi connectivity index (χ1v) is 14.1. The van der Waals surface area contributed by atoms with Crippen LogP contribution in [-0.4, -0.2) is 97.1 Å². The fourth-order valence-electron chi connectivity index (χ4n) is 4.53. The SMILES string of the molecule is COC(=O)C[C@H]1C(=O)N(CC(=O)OC(C)(C)C(N)=O)CCN1C(=O)[C@H](Cc1ccc(OC)cc1)NC(=O)OCc1ccccc1. The largest absolute Gasteiger partial charge is 0.497 e. The average molecular weight is 627 g/mol. The van der Waals surface area contributed by atoms with E-state index >= 15 is 0 Å². The van der Waals surface area contributed by atoms with Gasteiger partial charge < -0.3 is 39.8 Å². The summed E-state index contributed by atoms with van der Waals surface area (Å²) in [5.41, 5.74) is 5.07. The summed E-state index contributed by atoms with van der Waals surface area (Å²) in [5.74, 6) is -3.32. The number of esters is 2. The lowest BCUT2D eigenvalue weighted by atomic mass is 10.0. The highest BCUT2D eigenvalue weighted by molar-refractivity contribution is 5.96. The number of carbonyl (C=O) groups is 6. The zero-order valence-electron chi connectivity index (χ0n) is 25.6. The van der Waals surface area contributed by atoms with Crippen molar-refractivity contribution in [3.63, 3.8) is 0 Å². The second kappa shape index (κ2) is 15.5. The standard InChI is InChI=1S/C31H38N4O10/c1-31(2,29(32)40)45-26(37)18-34-14-15-35(24(28(34)39)17-25(36)43-4)27(38)23(16-20-10-12-22(42-3)13-11-20)33-30(41)44-19-21-8-6-5-7-9-21/h5-13,23-24H,14-19H2,1-4H3,(H2,32,40)(H,33,41)/t23-,24-/m0/s1. The normalized spacial score (nSPS) is 15.5. The predicted octanol–water partition coefficient (Wildman–Crippen LogP) is 0.942. The molecule has 4 amide bonds. The van der Waals surface area contributed by atoms with Crippen LogP contribution in [0, 0.1) is 0 Å². The fourth-order valence-corrected chi connectivity index (χ4v) is 4.53. The van der Waals surface area contributed by atoms with E-state index in [-0.39, 0.29) is 26.1 Å². The van der Waals surface area contributed by atoms with E-state index in [1.54, 1.807) is 48.5 Å². The number of alkyl carbamates (subject to hydrolysis) is 1. The van der Waals surface area contributed by atoms with Gasteiger partial charge in [-0.1, -0.05) is 42.5 Å². The number of nitrogens with one attached hydrogen (secondary N) is 1. The Morgan fingerprint density at radius 3 is 2.22 bits per heavy atom. The molecule has 0 bridgehead atoms. The van der Waals surface area contributed by atoms with Crippen molar-refractivity contribution >= 4 is 35.8 Å². The molecule has 45 heavy (non-hydrogen) atoms. The van der Waals surface area contributed by atoms with Crippen LogP contribution in [0.2, 0.25) is 0 Å². The molecule has 1 heterocycles. The van der Waals surface area contributed by atoms with Crippen LogP contribution in [0.4, 0.5) is 4.79 Å². The van der Waals surface area contributed by atoms with Gasteiger partial charge in [-0.3, -0.25) is 24.0 Å². The third-order valence-electron chi connectivity index (χ3n) is 7.14. The van der Waals surface area contributed by atoms with Gasteiger partial charge in [0, 0.05) is 19.5 Å². The van der Waals surface area contributed by atoms with Gasteiger partial charge in [-0.2, -0.15) is 0 Å². The number of methoxy groups -OCH3 is 2. The van der Waals surface area contributed by atoms with Crippen LogP contribution in [0.3, 0.4) is 0 Å². The molecule has 3 rings (SSSR count). The van der Waals surface area contributed by atoms with Gasteiger partial charge in [0.15, 0.2) is 5.60 Å². The molecule has 14 nitrogen and oxygen atoms in total. The smallest absolute Gasteiger partial charge is 0.408 e. The maximum Gasteiger partial charge on any atom is 0.408 e. The Labute approximate surface area is 260 Å². The van der Waals surface area contributed by atoms with E-state index in [0.29, 0.717) is 11.3 Å². The molecular formula is C31H38N4O10. The molecule has 1 aliphatic heterocycles. The Morgan fingerprint density at radius 2 is 1.62 bits per heavy atom. The van der Waals surface area contributed by atoms with Gasteiger partial charge >= 0.3 is 18.0 Å². The number of ether oxygens (including phenoxy) is 4. The maximum absolute atomic E-state index is 14.0. The second-order valence-electron chi connectivity index (χ2n) is 10.7. The summed E-state index contributed by atoms with van der Waals surface area (Å²) in [6, 6.07) is 13.3. The van der Waals surface area contributed by atoms with Crippen molar-refractivity contribution in [2.45, 2.75) is 51.0 Å². The maximum atomic E-state index is 14.0. The first-order chi connectivity index (χ1) is 21.3. The summed E-state index contributed by atoms with van der Waals surface area (Å²) >= 11 is 0. The molecular weight excluding hydrogens is 588 g/mol. The van der Waals surface area contributed by atoms with Crippen LogP contribution >= 0.6 is 0 Å². The van der Waals surface area contributed by atoms with Crippen molar-refractivity contribution < 1.29 is 47.7 Å². The van der Waals surface area contributed by atoms with Gasteiger partial charge in [0.2, 0.25) is 11.8 Å². The molecule has 0 aliphatic carbocycles. The summed E-state index contributed by atoms with van der Waals surface area (Å²) in [4.78, 5) is 79.2. The summed E-state index contributed by atoms with van der Waals surface area (Å²) in [6.07, 6.45) is -1.34. The Morgan fingerprint density at radius 1 is 0.956 bits per heavy atom. The number of primary amides is 1. The Kier molecular flexibility index (Phi) is 11.9. The number of benzene rings is 2. The quantitative estimate of drug-likeness (QED) is 0.240. The summed E-state index contributed by atoms with van der Waals surface area (Å²) in [6.45, 7) is 1.86. The number of hydrogen-bond acceptors (Lipinski definition) is 10. The van der Waals surface area contributed by atoms with Crippen molar-refractivity contribution in [1.82, 2.24) is 15.1 Å². The van der Waals surface area contributed by atoms with Gasteiger partial charge in [-0.25, -0.2) is 4.79 Å². The average Bonchev–Trinajstić information content (AvgIpc) is 3.01. The molecule has 2 aromatic rings. The highest BCUT2D eigenvalue weighted by Gasteiger charge is 2.42. The zero-order chi connectivity index (χ0) is 33.1. The molecule has 2 atom stereocenters. The summed E-state index contributed by atoms with van der Waals surface area (Å²) in [5, 5.41) is 2.60. The van der Waals surface area contributed by atoms with E-state index in [1.807, 2.05) is 6.07 Å². The molecule has 0 unspecified atom stereocenters. The molecule has 14 heteroatoms. The summed E-state index contributed by atoms with van der Waals surface area (Å²) < 4.78 is 20.4. The molecule has 1 aliphatic rings. The molecule has 0 spiro atoms. The first kappa shape index (κ1) is 34.4. The van der Waals surface area contributed by atoms with Crippen molar-refractivity contribution in [2.24, 2.45) is 5.73 Å². The second-order valence-corrected chi connectivity index (χ2v) is 10.7. The summed E-state index contributed by atoms with van der Waals surface area (Å²) in [7, 11) is 2.65. The van der Waals surface area contributed by atoms with Gasteiger partial charge in [-0.15, -0.1) is 0 Å². The van der Waals surface area contributed by atoms with E-state index in [0.717, 1.165) is 17.6 Å². The first-order valence-electron chi connectivity index (χ1n) is 14.1. The molecule has 2 aromatic carbocycles. The van der Waals surface area contributed by atoms with Gasteiger partial charge in [-0.05, 0) is 37.1 Å². The minimum Gasteiger partial charge on any atom is -0.497 e. The van der Waals surface area contributed by atoms with Crippen molar-refractivity contribution in [3.05, 3.63) is 65.7 Å². The highest BCUT2D eigenvalue weighted by atomic mass is 16.6. The van der Waals surface area contributed by atoms with Crippen molar-refractivity contribution in [2.75, 3.05) is 33.9 Å². The number of hydrogen-bond donors (Lipinski definition) is 2. The van der Waals surface area contributed by atoms with Gasteiger partial charge in [0.25, 0.3) is 5.91 Å². The van der Waals surface area contributed by atoms with Crippen LogP contribution in [0.1, 0.15) is 31.4 Å². The van der Waals surface area contributed by atoms with Crippen LogP contribution in [0.25, 0.3) is 0 Å². The van der Waals surface area contributed by atoms with Gasteiger partial charge in [0.1, 0.15) is 31.0 Å². The van der Waals surface area contributed by atoms with Crippen LogP contribution in [-0.2, 0) is 51.2 Å². The minimum atomic E-state index is -1.61. The zero-order valence-corrected chi connectivity index (χ0v) is 25.6. The highest BCUT2D eigenvalue weighted by Crippen LogP contribution is 2.20. The Bertz CT molecular complexity index is 1380. The Hall–Kier alpha value is -5.14.